The SMILES string of the molecule is CCCCCCCC/C=C\CCCCCCCCCC(=O)OC(COC(=O)CCCCCCCCCCCCCCCCCC)COC(=O)CCCCCCCCCCCCCCCCCCCC. The topological polar surface area (TPSA) is 78.9 Å². The number of ether oxygens (including phenoxy) is 3. The van der Waals surface area contributed by atoms with Gasteiger partial charge >= 0.3 is 17.9 Å². The van der Waals surface area contributed by atoms with Gasteiger partial charge in [-0.15, -0.1) is 0 Å². The van der Waals surface area contributed by atoms with Gasteiger partial charge in [0.25, 0.3) is 0 Å². The van der Waals surface area contributed by atoms with Crippen LogP contribution in [-0.2, 0) is 28.6 Å². The van der Waals surface area contributed by atoms with Crippen molar-refractivity contribution in [3.8, 4) is 0 Å². The van der Waals surface area contributed by atoms with Crippen LogP contribution >= 0.6 is 0 Å². The summed E-state index contributed by atoms with van der Waals surface area (Å²) in [7, 11) is 0. The Kier molecular flexibility index (Phi) is 57.1. The smallest absolute Gasteiger partial charge is 0.306 e. The van der Waals surface area contributed by atoms with Crippen molar-refractivity contribution in [2.24, 2.45) is 0 Å². The van der Waals surface area contributed by atoms with Gasteiger partial charge in [-0.3, -0.25) is 14.4 Å². The molecule has 0 N–H and O–H groups in total. The van der Waals surface area contributed by atoms with Crippen molar-refractivity contribution >= 4 is 17.9 Å². The number of allylic oxidation sites excluding steroid dienone is 2. The van der Waals surface area contributed by atoms with E-state index in [9.17, 15) is 14.4 Å². The largest absolute Gasteiger partial charge is 0.462 e. The second-order valence-electron chi connectivity index (χ2n) is 21.3. The zero-order valence-corrected chi connectivity index (χ0v) is 46.9. The van der Waals surface area contributed by atoms with Gasteiger partial charge in [0.2, 0.25) is 0 Å². The van der Waals surface area contributed by atoms with Gasteiger partial charge in [0.1, 0.15) is 13.2 Å². The predicted molar refractivity (Wildman–Crippen MR) is 298 cm³/mol. The lowest BCUT2D eigenvalue weighted by atomic mass is 10.0. The van der Waals surface area contributed by atoms with Gasteiger partial charge < -0.3 is 14.2 Å². The molecule has 0 spiro atoms. The van der Waals surface area contributed by atoms with Crippen molar-refractivity contribution < 1.29 is 28.6 Å². The van der Waals surface area contributed by atoms with Crippen molar-refractivity contribution in [3.63, 3.8) is 0 Å². The van der Waals surface area contributed by atoms with Crippen LogP contribution in [0.25, 0.3) is 0 Å². The fourth-order valence-electron chi connectivity index (χ4n) is 9.56. The molecular formula is C63H120O6. The summed E-state index contributed by atoms with van der Waals surface area (Å²) in [5, 5.41) is 0. The zero-order chi connectivity index (χ0) is 50.0. The van der Waals surface area contributed by atoms with E-state index in [1.54, 1.807) is 0 Å². The number of hydrogen-bond donors (Lipinski definition) is 0. The molecule has 0 aromatic carbocycles. The van der Waals surface area contributed by atoms with Crippen molar-refractivity contribution in [2.75, 3.05) is 13.2 Å². The van der Waals surface area contributed by atoms with Crippen LogP contribution in [0, 0.1) is 0 Å². The molecule has 408 valence electrons. The van der Waals surface area contributed by atoms with Crippen molar-refractivity contribution in [1.29, 1.82) is 0 Å². The fourth-order valence-corrected chi connectivity index (χ4v) is 9.56. The van der Waals surface area contributed by atoms with Crippen LogP contribution in [0.1, 0.15) is 355 Å². The molecule has 0 radical (unpaired) electrons. The van der Waals surface area contributed by atoms with E-state index >= 15 is 0 Å². The van der Waals surface area contributed by atoms with Crippen LogP contribution in [0.4, 0.5) is 0 Å². The van der Waals surface area contributed by atoms with Crippen LogP contribution in [0.3, 0.4) is 0 Å². The first-order valence-corrected chi connectivity index (χ1v) is 31.2. The van der Waals surface area contributed by atoms with Gasteiger partial charge in [0, 0.05) is 19.3 Å². The van der Waals surface area contributed by atoms with Crippen LogP contribution in [-0.4, -0.2) is 37.2 Å². The highest BCUT2D eigenvalue weighted by Crippen LogP contribution is 2.18. The third-order valence-electron chi connectivity index (χ3n) is 14.3. The van der Waals surface area contributed by atoms with Gasteiger partial charge in [0.05, 0.1) is 0 Å². The van der Waals surface area contributed by atoms with E-state index < -0.39 is 6.10 Å². The molecule has 69 heavy (non-hydrogen) atoms. The molecule has 6 heteroatoms. The van der Waals surface area contributed by atoms with Gasteiger partial charge in [-0.25, -0.2) is 0 Å². The highest BCUT2D eigenvalue weighted by molar-refractivity contribution is 5.71. The summed E-state index contributed by atoms with van der Waals surface area (Å²) in [5.41, 5.74) is 0. The molecule has 0 aromatic rings. The Bertz CT molecular complexity index is 1070. The number of carbonyl (C=O) groups excluding carboxylic acids is 3. The molecule has 0 saturated carbocycles. The lowest BCUT2D eigenvalue weighted by molar-refractivity contribution is -0.167. The van der Waals surface area contributed by atoms with Crippen LogP contribution in [0.2, 0.25) is 0 Å². The minimum absolute atomic E-state index is 0.0653. The summed E-state index contributed by atoms with van der Waals surface area (Å²) >= 11 is 0. The quantitative estimate of drug-likeness (QED) is 0.0261. The Labute approximate surface area is 431 Å². The van der Waals surface area contributed by atoms with E-state index in [0.717, 1.165) is 57.8 Å². The first-order valence-electron chi connectivity index (χ1n) is 31.2. The molecular weight excluding hydrogens is 853 g/mol. The molecule has 0 saturated heterocycles. The predicted octanol–water partition coefficient (Wildman–Crippen LogP) is 20.9. The van der Waals surface area contributed by atoms with Gasteiger partial charge in [-0.05, 0) is 44.9 Å². The number of unbranched alkanes of at least 4 members (excludes halogenated alkanes) is 45. The maximum atomic E-state index is 12.9. The average Bonchev–Trinajstić information content (AvgIpc) is 3.35. The summed E-state index contributed by atoms with van der Waals surface area (Å²) in [4.78, 5) is 38.3. The number of carbonyl (C=O) groups is 3. The highest BCUT2D eigenvalue weighted by atomic mass is 16.6. The highest BCUT2D eigenvalue weighted by Gasteiger charge is 2.19. The molecule has 0 aromatic heterocycles. The molecule has 0 aliphatic heterocycles. The van der Waals surface area contributed by atoms with E-state index in [1.165, 1.54) is 257 Å². The lowest BCUT2D eigenvalue weighted by Crippen LogP contribution is -2.30. The van der Waals surface area contributed by atoms with Gasteiger partial charge in [-0.2, -0.15) is 0 Å². The first kappa shape index (κ1) is 67.1. The van der Waals surface area contributed by atoms with Crippen molar-refractivity contribution in [2.45, 2.75) is 361 Å². The fraction of sp³-hybridized carbons (Fsp3) is 0.921. The molecule has 6 nitrogen and oxygen atoms in total. The third-order valence-corrected chi connectivity index (χ3v) is 14.3. The molecule has 0 aliphatic rings. The zero-order valence-electron chi connectivity index (χ0n) is 46.9. The van der Waals surface area contributed by atoms with Crippen molar-refractivity contribution in [3.05, 3.63) is 12.2 Å². The molecule has 0 fully saturated rings. The maximum absolute atomic E-state index is 12.9. The number of hydrogen-bond acceptors (Lipinski definition) is 6. The summed E-state index contributed by atoms with van der Waals surface area (Å²) in [6, 6.07) is 0. The molecule has 0 heterocycles. The Hall–Kier alpha value is -1.85. The summed E-state index contributed by atoms with van der Waals surface area (Å²) in [5.74, 6) is -0.840. The van der Waals surface area contributed by atoms with E-state index in [0.29, 0.717) is 19.3 Å². The molecule has 1 atom stereocenters. The van der Waals surface area contributed by atoms with E-state index in [2.05, 4.69) is 32.9 Å². The Morgan fingerprint density at radius 3 is 0.725 bits per heavy atom. The van der Waals surface area contributed by atoms with Crippen molar-refractivity contribution in [1.82, 2.24) is 0 Å². The van der Waals surface area contributed by atoms with Gasteiger partial charge in [-0.1, -0.05) is 303 Å². The first-order chi connectivity index (χ1) is 34.0. The molecule has 0 amide bonds. The van der Waals surface area contributed by atoms with E-state index in [4.69, 9.17) is 14.2 Å². The van der Waals surface area contributed by atoms with Crippen LogP contribution < -0.4 is 0 Å². The summed E-state index contributed by atoms with van der Waals surface area (Å²) in [6.45, 7) is 6.71. The normalized spacial score (nSPS) is 12.0. The summed E-state index contributed by atoms with van der Waals surface area (Å²) < 4.78 is 16.9. The second kappa shape index (κ2) is 58.7. The van der Waals surface area contributed by atoms with E-state index in [1.807, 2.05) is 0 Å². The van der Waals surface area contributed by atoms with Crippen LogP contribution in [0.5, 0.6) is 0 Å². The van der Waals surface area contributed by atoms with Gasteiger partial charge in [0.15, 0.2) is 6.10 Å². The summed E-state index contributed by atoms with van der Waals surface area (Å²) in [6.07, 6.45) is 67.8. The Balaban J connectivity index is 4.31. The Morgan fingerprint density at radius 1 is 0.275 bits per heavy atom. The standard InChI is InChI=1S/C63H120O6/c1-4-7-10-13-16-19-22-25-28-31-33-35-38-41-44-47-50-53-56-62(65)68-59-60(58-67-61(64)55-52-49-46-43-40-37-34-30-27-24-21-18-15-12-9-6-3)69-63(66)57-54-51-48-45-42-39-36-32-29-26-23-20-17-14-11-8-5-2/h26,29,60H,4-25,27-28,30-59H2,1-3H3/b29-26-. The molecule has 0 aliphatic carbocycles. The third kappa shape index (κ3) is 56.9. The van der Waals surface area contributed by atoms with Crippen LogP contribution in [0.15, 0.2) is 12.2 Å². The Morgan fingerprint density at radius 2 is 0.478 bits per heavy atom. The lowest BCUT2D eigenvalue weighted by Gasteiger charge is -2.18. The molecule has 0 bridgehead atoms. The number of rotatable bonds is 58. The minimum Gasteiger partial charge on any atom is -0.462 e. The van der Waals surface area contributed by atoms with E-state index in [-0.39, 0.29) is 31.1 Å². The number of esters is 3. The average molecular weight is 974 g/mol. The molecule has 1 unspecified atom stereocenters. The second-order valence-corrected chi connectivity index (χ2v) is 21.3. The minimum atomic E-state index is -0.767. The molecule has 0 rings (SSSR count). The monoisotopic (exact) mass is 973 g/mol. The maximum Gasteiger partial charge on any atom is 0.306 e.